The van der Waals surface area contributed by atoms with Crippen molar-refractivity contribution < 1.29 is 23.9 Å². The predicted molar refractivity (Wildman–Crippen MR) is 225 cm³/mol. The number of ether oxygens (including phenoxy) is 1. The number of aromatic amines is 1. The molecule has 14 heteroatoms. The summed E-state index contributed by atoms with van der Waals surface area (Å²) in [6.07, 6.45) is 3.48. The third-order valence-corrected chi connectivity index (χ3v) is 10.6. The van der Waals surface area contributed by atoms with Gasteiger partial charge in [-0.25, -0.2) is 4.79 Å². The molecule has 0 unspecified atom stereocenters. The van der Waals surface area contributed by atoms with E-state index < -0.39 is 17.7 Å². The van der Waals surface area contributed by atoms with Crippen LogP contribution in [0.2, 0.25) is 0 Å². The van der Waals surface area contributed by atoms with Crippen molar-refractivity contribution in [1.82, 2.24) is 41.5 Å². The number of hydrogen-bond acceptors (Lipinski definition) is 9. The molecule has 3 aromatic carbocycles. The molecule has 310 valence electrons. The molecule has 0 aliphatic heterocycles. The standard InChI is InChI=1S/C44H59N9O5/c1-7-31-18-19-35(40(54)45-24-25-53(8-2)9-3)27-37(31)32-14-10-29(11-15-32)26-38(42(56)47-36-22-20-33(21-23-36)39-49-51-52-50-39)48-41(55)34-16-12-30(13-17-34)28-46-43(57)58-44(4,5)6/h10-11,14-15,18-23,27,30,34,38H,7-9,12-13,16-17,24-26,28H2,1-6H3,(H,45,54)(H,46,57)(H,47,56)(H,48,55)(H,49,50,51,52)/t30?,34?,38-/m0/s1. The third kappa shape index (κ3) is 12.7. The zero-order valence-corrected chi connectivity index (χ0v) is 34.7. The van der Waals surface area contributed by atoms with Gasteiger partial charge in [-0.3, -0.25) is 14.4 Å². The minimum atomic E-state index is -0.851. The summed E-state index contributed by atoms with van der Waals surface area (Å²) in [7, 11) is 0. The highest BCUT2D eigenvalue weighted by Gasteiger charge is 2.30. The topological polar surface area (TPSA) is 183 Å². The largest absolute Gasteiger partial charge is 0.444 e. The minimum absolute atomic E-state index is 0.104. The maximum Gasteiger partial charge on any atom is 0.407 e. The van der Waals surface area contributed by atoms with Crippen LogP contribution in [-0.2, 0) is 27.2 Å². The van der Waals surface area contributed by atoms with Gasteiger partial charge < -0.3 is 30.9 Å². The third-order valence-electron chi connectivity index (χ3n) is 10.6. The van der Waals surface area contributed by atoms with E-state index in [1.807, 2.05) is 63.2 Å². The number of rotatable bonds is 17. The van der Waals surface area contributed by atoms with E-state index in [1.165, 1.54) is 0 Å². The highest BCUT2D eigenvalue weighted by molar-refractivity contribution is 5.98. The Morgan fingerprint density at radius 1 is 0.879 bits per heavy atom. The van der Waals surface area contributed by atoms with Gasteiger partial charge in [0.2, 0.25) is 17.6 Å². The average Bonchev–Trinajstić information content (AvgIpc) is 3.77. The van der Waals surface area contributed by atoms with Gasteiger partial charge in [-0.15, -0.1) is 10.2 Å². The lowest BCUT2D eigenvalue weighted by molar-refractivity contribution is -0.130. The summed E-state index contributed by atoms with van der Waals surface area (Å²) in [5, 5.41) is 26.0. The van der Waals surface area contributed by atoms with Crippen LogP contribution in [0.4, 0.5) is 10.5 Å². The van der Waals surface area contributed by atoms with E-state index in [0.717, 1.165) is 66.7 Å². The second-order valence-electron chi connectivity index (χ2n) is 15.9. The van der Waals surface area contributed by atoms with Gasteiger partial charge in [0.05, 0.1) is 0 Å². The second-order valence-corrected chi connectivity index (χ2v) is 15.9. The number of nitrogens with one attached hydrogen (secondary N) is 5. The van der Waals surface area contributed by atoms with E-state index in [-0.39, 0.29) is 36.0 Å². The molecule has 1 heterocycles. The van der Waals surface area contributed by atoms with E-state index in [2.05, 4.69) is 67.6 Å². The number of benzene rings is 3. The first-order chi connectivity index (χ1) is 27.8. The van der Waals surface area contributed by atoms with Gasteiger partial charge in [0, 0.05) is 48.8 Å². The van der Waals surface area contributed by atoms with Crippen molar-refractivity contribution in [2.24, 2.45) is 11.8 Å². The molecule has 14 nitrogen and oxygen atoms in total. The monoisotopic (exact) mass is 793 g/mol. The van der Waals surface area contributed by atoms with Gasteiger partial charge in [-0.1, -0.05) is 51.1 Å². The van der Waals surface area contributed by atoms with E-state index in [1.54, 1.807) is 24.3 Å². The van der Waals surface area contributed by atoms with E-state index in [0.29, 0.717) is 43.0 Å². The maximum atomic E-state index is 13.9. The van der Waals surface area contributed by atoms with Gasteiger partial charge in [-0.2, -0.15) is 5.21 Å². The Bertz CT molecular complexity index is 1950. The number of tetrazole rings is 1. The molecule has 58 heavy (non-hydrogen) atoms. The van der Waals surface area contributed by atoms with Crippen molar-refractivity contribution in [3.63, 3.8) is 0 Å². The zero-order chi connectivity index (χ0) is 41.7. The number of aryl methyl sites for hydroxylation is 1. The minimum Gasteiger partial charge on any atom is -0.444 e. The van der Waals surface area contributed by atoms with Crippen molar-refractivity contribution >= 4 is 29.5 Å². The summed E-state index contributed by atoms with van der Waals surface area (Å²) in [5.41, 5.74) is 5.27. The Morgan fingerprint density at radius 2 is 1.57 bits per heavy atom. The molecule has 0 saturated heterocycles. The molecule has 1 fully saturated rings. The fourth-order valence-electron chi connectivity index (χ4n) is 7.21. The number of likely N-dealkylation sites (N-methyl/N-ethyl adjacent to an activating group) is 1. The Hall–Kier alpha value is -5.63. The molecule has 0 radical (unpaired) electrons. The Labute approximate surface area is 341 Å². The van der Waals surface area contributed by atoms with Crippen LogP contribution in [0.1, 0.15) is 88.7 Å². The van der Waals surface area contributed by atoms with Crippen LogP contribution in [0, 0.1) is 11.8 Å². The summed E-state index contributed by atoms with van der Waals surface area (Å²) in [4.78, 5) is 55.2. The lowest BCUT2D eigenvalue weighted by atomic mass is 9.81. The summed E-state index contributed by atoms with van der Waals surface area (Å²) in [6, 6.07) is 20.0. The van der Waals surface area contributed by atoms with Crippen LogP contribution in [0.25, 0.3) is 22.5 Å². The fraction of sp³-hybridized carbons (Fsp3) is 0.477. The number of H-pyrrole nitrogens is 1. The van der Waals surface area contributed by atoms with Crippen LogP contribution in [0.15, 0.2) is 66.7 Å². The van der Waals surface area contributed by atoms with Crippen molar-refractivity contribution in [2.45, 2.75) is 91.7 Å². The van der Waals surface area contributed by atoms with Crippen LogP contribution < -0.4 is 21.3 Å². The molecular weight excluding hydrogens is 735 g/mol. The molecular formula is C44H59N9O5. The number of alkyl carbamates (subject to hydrolysis) is 1. The number of carbonyl (C=O) groups excluding carboxylic acids is 4. The van der Waals surface area contributed by atoms with Crippen LogP contribution in [0.5, 0.6) is 0 Å². The molecule has 4 aromatic rings. The lowest BCUT2D eigenvalue weighted by Gasteiger charge is -2.29. The molecule has 0 spiro atoms. The Morgan fingerprint density at radius 3 is 2.19 bits per heavy atom. The van der Waals surface area contributed by atoms with E-state index in [4.69, 9.17) is 4.74 Å². The van der Waals surface area contributed by atoms with E-state index >= 15 is 0 Å². The molecule has 1 saturated carbocycles. The van der Waals surface area contributed by atoms with Gasteiger partial charge in [-0.05, 0) is 136 Å². The maximum absolute atomic E-state index is 13.9. The number of anilines is 1. The Balaban J connectivity index is 1.27. The first kappa shape index (κ1) is 43.5. The summed E-state index contributed by atoms with van der Waals surface area (Å²) < 4.78 is 5.37. The number of carbonyl (C=O) groups is 4. The van der Waals surface area contributed by atoms with Crippen LogP contribution in [0.3, 0.4) is 0 Å². The first-order valence-electron chi connectivity index (χ1n) is 20.5. The van der Waals surface area contributed by atoms with Gasteiger partial charge in [0.25, 0.3) is 5.91 Å². The normalized spacial score (nSPS) is 16.0. The van der Waals surface area contributed by atoms with Crippen molar-refractivity contribution in [2.75, 3.05) is 38.0 Å². The Kier molecular flexibility index (Phi) is 15.5. The lowest BCUT2D eigenvalue weighted by Crippen LogP contribution is -2.48. The van der Waals surface area contributed by atoms with Crippen molar-refractivity contribution in [3.8, 4) is 22.5 Å². The highest BCUT2D eigenvalue weighted by Crippen LogP contribution is 2.30. The molecule has 1 aliphatic carbocycles. The molecule has 0 bridgehead atoms. The van der Waals surface area contributed by atoms with Gasteiger partial charge in [0.1, 0.15) is 11.6 Å². The second kappa shape index (κ2) is 20.7. The quantitative estimate of drug-likeness (QED) is 0.0836. The summed E-state index contributed by atoms with van der Waals surface area (Å²) in [5.74, 6) is -0.179. The average molecular weight is 794 g/mol. The predicted octanol–water partition coefficient (Wildman–Crippen LogP) is 6.16. The molecule has 4 amide bonds. The number of hydrogen-bond donors (Lipinski definition) is 5. The number of amides is 4. The SMILES string of the molecule is CCc1ccc(C(=O)NCCN(CC)CC)cc1-c1ccc(C[C@H](NC(=O)C2CCC(CNC(=O)OC(C)(C)C)CC2)C(=O)Nc2ccc(-c3nn[nH]n3)cc2)cc1. The molecule has 1 atom stereocenters. The smallest absolute Gasteiger partial charge is 0.407 e. The van der Waals surface area contributed by atoms with Crippen molar-refractivity contribution in [3.05, 3.63) is 83.4 Å². The fourth-order valence-corrected chi connectivity index (χ4v) is 7.21. The van der Waals surface area contributed by atoms with Gasteiger partial charge in [0.15, 0.2) is 0 Å². The van der Waals surface area contributed by atoms with Crippen LogP contribution in [-0.4, -0.2) is 93.7 Å². The van der Waals surface area contributed by atoms with E-state index in [9.17, 15) is 19.2 Å². The van der Waals surface area contributed by atoms with Crippen molar-refractivity contribution in [1.29, 1.82) is 0 Å². The molecule has 5 rings (SSSR count). The molecule has 5 N–H and O–H groups in total. The number of nitrogens with zero attached hydrogens (tertiary/aromatic N) is 4. The van der Waals surface area contributed by atoms with Crippen LogP contribution >= 0.6 is 0 Å². The molecule has 1 aromatic heterocycles. The highest BCUT2D eigenvalue weighted by atomic mass is 16.6. The zero-order valence-electron chi connectivity index (χ0n) is 34.7. The first-order valence-corrected chi connectivity index (χ1v) is 20.5. The van der Waals surface area contributed by atoms with Gasteiger partial charge >= 0.3 is 6.09 Å². The molecule has 1 aliphatic rings. The number of aromatic nitrogens is 4. The summed E-state index contributed by atoms with van der Waals surface area (Å²) in [6.45, 7) is 15.5. The summed E-state index contributed by atoms with van der Waals surface area (Å²) >= 11 is 0.